The zero-order chi connectivity index (χ0) is 15.4. The second-order valence-electron chi connectivity index (χ2n) is 5.04. The van der Waals surface area contributed by atoms with E-state index in [1.807, 2.05) is 18.2 Å². The molecule has 0 aliphatic carbocycles. The highest BCUT2D eigenvalue weighted by atomic mass is 16.5. The van der Waals surface area contributed by atoms with E-state index < -0.39 is 0 Å². The first-order valence-corrected chi connectivity index (χ1v) is 7.24. The highest BCUT2D eigenvalue weighted by Gasteiger charge is 2.26. The maximum atomic E-state index is 12.7. The number of fused-ring (bicyclic) bond motifs is 1. The van der Waals surface area contributed by atoms with Crippen LogP contribution in [0.1, 0.15) is 16.1 Å². The number of aromatic nitrogens is 2. The molecule has 0 bridgehead atoms. The van der Waals surface area contributed by atoms with Gasteiger partial charge in [-0.3, -0.25) is 4.79 Å². The Labute approximate surface area is 129 Å². The first-order valence-electron chi connectivity index (χ1n) is 7.24. The Balaban J connectivity index is 1.77. The van der Waals surface area contributed by atoms with Gasteiger partial charge in [-0.1, -0.05) is 18.2 Å². The molecular weight excluding hydrogens is 280 g/mol. The zero-order valence-electron chi connectivity index (χ0n) is 12.5. The summed E-state index contributed by atoms with van der Waals surface area (Å²) in [6.45, 7) is 1.90. The van der Waals surface area contributed by atoms with E-state index >= 15 is 0 Å². The van der Waals surface area contributed by atoms with E-state index in [9.17, 15) is 4.79 Å². The molecule has 2 aromatic rings. The number of carbonyl (C=O) groups excluding carboxylic acids is 1. The lowest BCUT2D eigenvalue weighted by Crippen LogP contribution is -2.29. The van der Waals surface area contributed by atoms with Gasteiger partial charge < -0.3 is 15.0 Å². The van der Waals surface area contributed by atoms with Crippen molar-refractivity contribution < 1.29 is 9.53 Å². The molecule has 22 heavy (non-hydrogen) atoms. The Morgan fingerprint density at radius 1 is 1.36 bits per heavy atom. The highest BCUT2D eigenvalue weighted by molar-refractivity contribution is 6.06. The van der Waals surface area contributed by atoms with E-state index in [1.54, 1.807) is 18.1 Å². The molecule has 6 heteroatoms. The Bertz CT molecular complexity index is 675. The molecule has 0 saturated heterocycles. The number of amides is 1. The monoisotopic (exact) mass is 298 g/mol. The Kier molecular flexibility index (Phi) is 4.29. The van der Waals surface area contributed by atoms with Crippen molar-refractivity contribution in [1.82, 2.24) is 9.97 Å². The minimum absolute atomic E-state index is 0.0952. The number of anilines is 2. The number of hydrogen-bond acceptors (Lipinski definition) is 5. The van der Waals surface area contributed by atoms with Crippen LogP contribution in [0.15, 0.2) is 36.7 Å². The molecule has 1 aliphatic rings. The summed E-state index contributed by atoms with van der Waals surface area (Å²) in [5, 5.41) is 3.10. The molecule has 1 aliphatic heterocycles. The summed E-state index contributed by atoms with van der Waals surface area (Å²) in [6, 6.07) is 9.65. The molecule has 114 valence electrons. The van der Waals surface area contributed by atoms with Crippen molar-refractivity contribution in [3.8, 4) is 0 Å². The van der Waals surface area contributed by atoms with Gasteiger partial charge in [-0.15, -0.1) is 0 Å². The molecule has 1 N–H and O–H groups in total. The van der Waals surface area contributed by atoms with Crippen molar-refractivity contribution in [2.75, 3.05) is 37.0 Å². The molecule has 0 fully saturated rings. The van der Waals surface area contributed by atoms with Crippen molar-refractivity contribution in [3.63, 3.8) is 0 Å². The van der Waals surface area contributed by atoms with E-state index in [2.05, 4.69) is 21.4 Å². The van der Waals surface area contributed by atoms with E-state index in [4.69, 9.17) is 4.74 Å². The van der Waals surface area contributed by atoms with Crippen molar-refractivity contribution in [2.24, 2.45) is 0 Å². The molecule has 3 rings (SSSR count). The summed E-state index contributed by atoms with van der Waals surface area (Å²) in [5.74, 6) is 0.532. The molecule has 6 nitrogen and oxygen atoms in total. The van der Waals surface area contributed by atoms with Crippen LogP contribution in [0.3, 0.4) is 0 Å². The topological polar surface area (TPSA) is 67.3 Å². The molecule has 0 unspecified atom stereocenters. The Morgan fingerprint density at radius 3 is 3.09 bits per heavy atom. The second-order valence-corrected chi connectivity index (χ2v) is 5.04. The van der Waals surface area contributed by atoms with Crippen LogP contribution in [0.2, 0.25) is 0 Å². The van der Waals surface area contributed by atoms with Gasteiger partial charge >= 0.3 is 0 Å². The smallest absolute Gasteiger partial charge is 0.277 e. The maximum Gasteiger partial charge on any atom is 0.277 e. The second kappa shape index (κ2) is 6.53. The number of methoxy groups -OCH3 is 1. The number of hydrogen-bond donors (Lipinski definition) is 1. The van der Waals surface area contributed by atoms with Crippen LogP contribution in [0.25, 0.3) is 0 Å². The van der Waals surface area contributed by atoms with Gasteiger partial charge in [0.05, 0.1) is 6.61 Å². The summed E-state index contributed by atoms with van der Waals surface area (Å²) in [5.41, 5.74) is 2.56. The van der Waals surface area contributed by atoms with Crippen LogP contribution in [0.4, 0.5) is 11.5 Å². The molecule has 0 saturated carbocycles. The molecule has 1 aromatic heterocycles. The van der Waals surface area contributed by atoms with E-state index in [0.717, 1.165) is 12.1 Å². The van der Waals surface area contributed by atoms with Gasteiger partial charge in [-0.2, -0.15) is 0 Å². The molecule has 0 spiro atoms. The summed E-state index contributed by atoms with van der Waals surface area (Å²) < 4.78 is 4.98. The minimum Gasteiger partial charge on any atom is -0.383 e. The number of nitrogens with one attached hydrogen (secondary N) is 1. The maximum absolute atomic E-state index is 12.7. The number of ether oxygens (including phenoxy) is 1. The standard InChI is InChI=1S/C16H18N4O2/c1-22-9-7-17-15-10-13(18-11-19-15)16(21)20-8-6-12-4-2-3-5-14(12)20/h2-5,10-11H,6-9H2,1H3,(H,17,18,19). The third-order valence-corrected chi connectivity index (χ3v) is 3.63. The van der Waals surface area contributed by atoms with Crippen molar-refractivity contribution in [3.05, 3.63) is 47.9 Å². The largest absolute Gasteiger partial charge is 0.383 e. The van der Waals surface area contributed by atoms with Crippen LogP contribution in [-0.2, 0) is 11.2 Å². The average Bonchev–Trinajstić information content (AvgIpc) is 2.99. The lowest BCUT2D eigenvalue weighted by atomic mass is 10.2. The summed E-state index contributed by atoms with van der Waals surface area (Å²) in [7, 11) is 1.64. The number of carbonyl (C=O) groups is 1. The van der Waals surface area contributed by atoms with Crippen LogP contribution in [0, 0.1) is 0 Å². The molecule has 1 amide bonds. The number of rotatable bonds is 5. The zero-order valence-corrected chi connectivity index (χ0v) is 12.5. The fourth-order valence-electron chi connectivity index (χ4n) is 2.54. The third kappa shape index (κ3) is 2.92. The van der Waals surface area contributed by atoms with Gasteiger partial charge in [-0.25, -0.2) is 9.97 Å². The Morgan fingerprint density at radius 2 is 2.23 bits per heavy atom. The normalized spacial score (nSPS) is 13.0. The SMILES string of the molecule is COCCNc1cc(C(=O)N2CCc3ccccc32)ncn1. The predicted molar refractivity (Wildman–Crippen MR) is 84.2 cm³/mol. The minimum atomic E-state index is -0.0952. The van der Waals surface area contributed by atoms with Crippen LogP contribution in [-0.4, -0.2) is 42.7 Å². The van der Waals surface area contributed by atoms with Gasteiger partial charge in [0, 0.05) is 32.0 Å². The number of para-hydroxylation sites is 1. The average molecular weight is 298 g/mol. The summed E-state index contributed by atoms with van der Waals surface area (Å²) in [4.78, 5) is 22.7. The predicted octanol–water partition coefficient (Wildman–Crippen LogP) is 1.74. The Hall–Kier alpha value is -2.47. The number of nitrogens with zero attached hydrogens (tertiary/aromatic N) is 3. The molecular formula is C16H18N4O2. The van der Waals surface area contributed by atoms with Crippen LogP contribution >= 0.6 is 0 Å². The van der Waals surface area contributed by atoms with Crippen LogP contribution in [0.5, 0.6) is 0 Å². The van der Waals surface area contributed by atoms with Gasteiger partial charge in [0.15, 0.2) is 0 Å². The first kappa shape index (κ1) is 14.5. The highest BCUT2D eigenvalue weighted by Crippen LogP contribution is 2.28. The van der Waals surface area contributed by atoms with Gasteiger partial charge in [0.2, 0.25) is 0 Å². The third-order valence-electron chi connectivity index (χ3n) is 3.63. The number of benzene rings is 1. The van der Waals surface area contributed by atoms with E-state index in [-0.39, 0.29) is 5.91 Å². The summed E-state index contributed by atoms with van der Waals surface area (Å²) >= 11 is 0. The molecule has 0 atom stereocenters. The molecule has 0 radical (unpaired) electrons. The molecule has 2 heterocycles. The lowest BCUT2D eigenvalue weighted by Gasteiger charge is -2.17. The van der Waals surface area contributed by atoms with Gasteiger partial charge in [0.1, 0.15) is 17.8 Å². The van der Waals surface area contributed by atoms with Gasteiger partial charge in [-0.05, 0) is 18.1 Å². The van der Waals surface area contributed by atoms with Crippen LogP contribution < -0.4 is 10.2 Å². The first-order chi connectivity index (χ1) is 10.8. The van der Waals surface area contributed by atoms with Crippen molar-refractivity contribution in [2.45, 2.75) is 6.42 Å². The molecule has 1 aromatic carbocycles. The van der Waals surface area contributed by atoms with Crippen molar-refractivity contribution in [1.29, 1.82) is 0 Å². The fraction of sp³-hybridized carbons (Fsp3) is 0.312. The quantitative estimate of drug-likeness (QED) is 0.852. The van der Waals surface area contributed by atoms with E-state index in [1.165, 1.54) is 11.9 Å². The summed E-state index contributed by atoms with van der Waals surface area (Å²) in [6.07, 6.45) is 2.29. The van der Waals surface area contributed by atoms with Gasteiger partial charge in [0.25, 0.3) is 5.91 Å². The fourth-order valence-corrected chi connectivity index (χ4v) is 2.54. The van der Waals surface area contributed by atoms with E-state index in [0.29, 0.717) is 31.2 Å². The lowest BCUT2D eigenvalue weighted by molar-refractivity contribution is 0.0984. The van der Waals surface area contributed by atoms with Crippen molar-refractivity contribution >= 4 is 17.4 Å².